The molecule has 0 saturated carbocycles. The van der Waals surface area contributed by atoms with E-state index in [0.717, 1.165) is 5.75 Å². The molecule has 0 aliphatic carbocycles. The highest BCUT2D eigenvalue weighted by Gasteiger charge is 2.54. The predicted octanol–water partition coefficient (Wildman–Crippen LogP) is 0.649. The predicted molar refractivity (Wildman–Crippen MR) is 66.0 cm³/mol. The van der Waals surface area contributed by atoms with Crippen LogP contribution in [-0.2, 0) is 9.53 Å². The van der Waals surface area contributed by atoms with Gasteiger partial charge in [-0.15, -0.1) is 0 Å². The van der Waals surface area contributed by atoms with Crippen molar-refractivity contribution in [3.8, 4) is 0 Å². The molecule has 2 amide bonds. The molecular formula is C11H18N2O3S. The van der Waals surface area contributed by atoms with Gasteiger partial charge in [0.15, 0.2) is 5.60 Å². The highest BCUT2D eigenvalue weighted by atomic mass is 32.2. The third kappa shape index (κ3) is 2.22. The number of rotatable bonds is 3. The molecule has 2 aliphatic rings. The first-order chi connectivity index (χ1) is 7.97. The van der Waals surface area contributed by atoms with E-state index in [9.17, 15) is 9.59 Å². The summed E-state index contributed by atoms with van der Waals surface area (Å²) in [5.74, 6) is 1.04. The van der Waals surface area contributed by atoms with Crippen molar-refractivity contribution in [1.82, 2.24) is 9.80 Å². The Bertz CT molecular complexity index is 342. The number of thioether (sulfide) groups is 1. The maximum atomic E-state index is 12.0. The summed E-state index contributed by atoms with van der Waals surface area (Å²) in [7, 11) is 1.72. The molecule has 2 heterocycles. The molecule has 17 heavy (non-hydrogen) atoms. The van der Waals surface area contributed by atoms with Crippen LogP contribution in [0.4, 0.5) is 4.79 Å². The van der Waals surface area contributed by atoms with Crippen molar-refractivity contribution in [3.63, 3.8) is 0 Å². The van der Waals surface area contributed by atoms with Crippen molar-refractivity contribution in [2.45, 2.75) is 12.5 Å². The fraction of sp³-hybridized carbons (Fsp3) is 0.818. The summed E-state index contributed by atoms with van der Waals surface area (Å²) in [5, 5.41) is 0. The summed E-state index contributed by atoms with van der Waals surface area (Å²) in [6.07, 6.45) is 1.71. The molecule has 1 atom stereocenters. The number of likely N-dealkylation sites (N-methyl/N-ethyl adjacent to an activating group) is 1. The Morgan fingerprint density at radius 3 is 2.65 bits per heavy atom. The molecular weight excluding hydrogens is 240 g/mol. The molecule has 0 radical (unpaired) electrons. The average molecular weight is 258 g/mol. The molecule has 2 fully saturated rings. The summed E-state index contributed by atoms with van der Waals surface area (Å²) >= 11 is 1.67. The number of ether oxygens (including phenoxy) is 1. The smallest absolute Gasteiger partial charge is 0.410 e. The Labute approximate surface area is 105 Å². The van der Waals surface area contributed by atoms with Crippen molar-refractivity contribution in [1.29, 1.82) is 0 Å². The molecule has 0 bridgehead atoms. The van der Waals surface area contributed by atoms with E-state index in [1.807, 2.05) is 13.2 Å². The Morgan fingerprint density at radius 2 is 2.18 bits per heavy atom. The summed E-state index contributed by atoms with van der Waals surface area (Å²) in [4.78, 5) is 26.6. The first kappa shape index (κ1) is 12.5. The lowest BCUT2D eigenvalue weighted by atomic mass is 9.93. The summed E-state index contributed by atoms with van der Waals surface area (Å²) in [5.41, 5.74) is -0.430. The van der Waals surface area contributed by atoms with Crippen molar-refractivity contribution < 1.29 is 14.3 Å². The fourth-order valence-corrected chi connectivity index (χ4v) is 3.04. The van der Waals surface area contributed by atoms with Crippen LogP contribution in [0.1, 0.15) is 6.92 Å². The van der Waals surface area contributed by atoms with Crippen LogP contribution in [-0.4, -0.2) is 66.1 Å². The molecule has 1 spiro atoms. The third-order valence-electron chi connectivity index (χ3n) is 3.25. The van der Waals surface area contributed by atoms with Crippen LogP contribution in [0.5, 0.6) is 0 Å². The maximum absolute atomic E-state index is 12.0. The second-order valence-electron chi connectivity index (χ2n) is 4.96. The van der Waals surface area contributed by atoms with Gasteiger partial charge in [0.05, 0.1) is 19.6 Å². The molecule has 5 nitrogen and oxygen atoms in total. The van der Waals surface area contributed by atoms with Gasteiger partial charge in [0.2, 0.25) is 5.91 Å². The van der Waals surface area contributed by atoms with Gasteiger partial charge < -0.3 is 14.5 Å². The fourth-order valence-electron chi connectivity index (χ4n) is 2.39. The molecule has 0 aromatic heterocycles. The number of nitrogens with zero attached hydrogens (tertiary/aromatic N) is 2. The summed E-state index contributed by atoms with van der Waals surface area (Å²) in [6, 6.07) is 0. The molecule has 96 valence electrons. The number of amides is 2. The quantitative estimate of drug-likeness (QED) is 0.746. The van der Waals surface area contributed by atoms with Gasteiger partial charge >= 0.3 is 6.09 Å². The van der Waals surface area contributed by atoms with E-state index < -0.39 is 5.60 Å². The topological polar surface area (TPSA) is 49.9 Å². The zero-order chi connectivity index (χ0) is 12.6. The number of likely N-dealkylation sites (tertiary alicyclic amines) is 1. The van der Waals surface area contributed by atoms with Crippen LogP contribution in [0.15, 0.2) is 0 Å². The van der Waals surface area contributed by atoms with E-state index in [4.69, 9.17) is 4.74 Å². The lowest BCUT2D eigenvalue weighted by Gasteiger charge is -2.46. The second kappa shape index (κ2) is 4.40. The van der Waals surface area contributed by atoms with E-state index >= 15 is 0 Å². The zero-order valence-corrected chi connectivity index (χ0v) is 11.2. The Hall–Kier alpha value is -0.910. The first-order valence-electron chi connectivity index (χ1n) is 5.69. The van der Waals surface area contributed by atoms with E-state index in [1.165, 1.54) is 0 Å². The van der Waals surface area contributed by atoms with Crippen LogP contribution in [0, 0.1) is 5.92 Å². The second-order valence-corrected chi connectivity index (χ2v) is 5.87. The molecule has 6 heteroatoms. The van der Waals surface area contributed by atoms with Gasteiger partial charge in [-0.3, -0.25) is 4.79 Å². The van der Waals surface area contributed by atoms with Crippen molar-refractivity contribution >= 4 is 23.8 Å². The minimum absolute atomic E-state index is 0.0391. The van der Waals surface area contributed by atoms with Gasteiger partial charge in [0.1, 0.15) is 0 Å². The van der Waals surface area contributed by atoms with Crippen molar-refractivity contribution in [2.24, 2.45) is 5.92 Å². The van der Waals surface area contributed by atoms with Crippen molar-refractivity contribution in [3.05, 3.63) is 0 Å². The van der Waals surface area contributed by atoms with E-state index in [-0.39, 0.29) is 17.9 Å². The van der Waals surface area contributed by atoms with Gasteiger partial charge in [0, 0.05) is 18.7 Å². The van der Waals surface area contributed by atoms with Gasteiger partial charge in [0.25, 0.3) is 0 Å². The number of carbonyl (C=O) groups is 2. The van der Waals surface area contributed by atoms with Crippen molar-refractivity contribution in [2.75, 3.05) is 38.7 Å². The Kier molecular flexibility index (Phi) is 3.25. The number of hydrogen-bond donors (Lipinski definition) is 0. The maximum Gasteiger partial charge on any atom is 0.410 e. The van der Waals surface area contributed by atoms with Gasteiger partial charge in [-0.25, -0.2) is 4.79 Å². The SMILES string of the molecule is CSCC(C)C(=O)N1CC2(CN(C)C(=O)O2)C1. The van der Waals surface area contributed by atoms with Crippen LogP contribution in [0.3, 0.4) is 0 Å². The normalized spacial score (nSPS) is 23.6. The van der Waals surface area contributed by atoms with Crippen LogP contribution in [0.25, 0.3) is 0 Å². The molecule has 0 N–H and O–H groups in total. The van der Waals surface area contributed by atoms with Crippen LogP contribution < -0.4 is 0 Å². The van der Waals surface area contributed by atoms with Gasteiger partial charge in [-0.05, 0) is 6.26 Å². The average Bonchev–Trinajstić information content (AvgIpc) is 2.52. The lowest BCUT2D eigenvalue weighted by molar-refractivity contribution is -0.153. The van der Waals surface area contributed by atoms with E-state index in [2.05, 4.69) is 0 Å². The Morgan fingerprint density at radius 1 is 1.53 bits per heavy atom. The largest absolute Gasteiger partial charge is 0.437 e. The number of hydrogen-bond acceptors (Lipinski definition) is 4. The zero-order valence-electron chi connectivity index (χ0n) is 10.4. The minimum Gasteiger partial charge on any atom is -0.437 e. The summed E-state index contributed by atoms with van der Waals surface area (Å²) < 4.78 is 5.31. The molecule has 2 aliphatic heterocycles. The third-order valence-corrected chi connectivity index (χ3v) is 4.08. The van der Waals surface area contributed by atoms with Gasteiger partial charge in [-0.2, -0.15) is 11.8 Å². The molecule has 0 aromatic rings. The van der Waals surface area contributed by atoms with Crippen LogP contribution >= 0.6 is 11.8 Å². The highest BCUT2D eigenvalue weighted by Crippen LogP contribution is 2.32. The minimum atomic E-state index is -0.430. The molecule has 0 aromatic carbocycles. The summed E-state index contributed by atoms with van der Waals surface area (Å²) in [6.45, 7) is 3.62. The van der Waals surface area contributed by atoms with E-state index in [1.54, 1.807) is 28.6 Å². The molecule has 2 saturated heterocycles. The number of carbonyl (C=O) groups excluding carboxylic acids is 2. The monoisotopic (exact) mass is 258 g/mol. The van der Waals surface area contributed by atoms with E-state index in [0.29, 0.717) is 19.6 Å². The standard InChI is InChI=1S/C11H18N2O3S/c1-8(4-17-3)9(14)13-6-11(7-13)5-12(2)10(15)16-11/h8H,4-7H2,1-3H3. The molecule has 2 rings (SSSR count). The highest BCUT2D eigenvalue weighted by molar-refractivity contribution is 7.98. The van der Waals surface area contributed by atoms with Gasteiger partial charge in [-0.1, -0.05) is 6.92 Å². The first-order valence-corrected chi connectivity index (χ1v) is 7.09. The lowest BCUT2D eigenvalue weighted by Crippen LogP contribution is -2.66. The van der Waals surface area contributed by atoms with Crippen LogP contribution in [0.2, 0.25) is 0 Å². The Balaban J connectivity index is 1.87. The molecule has 1 unspecified atom stereocenters.